The molecular weight excluding hydrogens is 233 g/mol. The maximum absolute atomic E-state index is 12.1. The Morgan fingerprint density at radius 2 is 2.07 bits per heavy atom. The van der Waals surface area contributed by atoms with Crippen LogP contribution < -0.4 is 0 Å². The lowest BCUT2D eigenvalue weighted by Crippen LogP contribution is -2.33. The Kier molecular flexibility index (Phi) is 2.17. The quantitative estimate of drug-likeness (QED) is 0.731. The van der Waals surface area contributed by atoms with Crippen molar-refractivity contribution in [3.63, 3.8) is 0 Å². The van der Waals surface area contributed by atoms with Gasteiger partial charge in [-0.3, -0.25) is 0 Å². The standard InChI is InChI=1S/C8H9F3O3S/c9-8(10,11)15(13,14)4-1-5-6(2-4)7(5)3-12/h1,4,6-7,12H,2-3H2. The summed E-state index contributed by atoms with van der Waals surface area (Å²) < 4.78 is 58.4. The third-order valence-electron chi connectivity index (χ3n) is 3.02. The Morgan fingerprint density at radius 3 is 2.40 bits per heavy atom. The molecule has 3 atom stereocenters. The molecule has 0 saturated heterocycles. The monoisotopic (exact) mass is 242 g/mol. The first-order chi connectivity index (χ1) is 6.79. The van der Waals surface area contributed by atoms with E-state index in [2.05, 4.69) is 0 Å². The van der Waals surface area contributed by atoms with Gasteiger partial charge in [0.05, 0.1) is 11.9 Å². The molecule has 0 aromatic rings. The molecule has 0 bridgehead atoms. The van der Waals surface area contributed by atoms with E-state index in [1.54, 1.807) is 0 Å². The van der Waals surface area contributed by atoms with Crippen molar-refractivity contribution in [3.05, 3.63) is 11.6 Å². The number of aliphatic hydroxyl groups excluding tert-OH is 1. The van der Waals surface area contributed by atoms with Gasteiger partial charge in [0.1, 0.15) is 0 Å². The highest BCUT2D eigenvalue weighted by Gasteiger charge is 2.57. The molecule has 2 aliphatic carbocycles. The van der Waals surface area contributed by atoms with E-state index in [1.165, 1.54) is 0 Å². The molecule has 1 saturated carbocycles. The van der Waals surface area contributed by atoms with E-state index in [1.807, 2.05) is 0 Å². The Morgan fingerprint density at radius 1 is 1.47 bits per heavy atom. The van der Waals surface area contributed by atoms with Crippen LogP contribution in [0.4, 0.5) is 13.2 Å². The zero-order valence-corrected chi connectivity index (χ0v) is 8.35. The summed E-state index contributed by atoms with van der Waals surface area (Å²) in [4.78, 5) is 0. The van der Waals surface area contributed by atoms with Gasteiger partial charge in [-0.25, -0.2) is 8.42 Å². The molecule has 0 radical (unpaired) electrons. The van der Waals surface area contributed by atoms with Crippen molar-refractivity contribution in [2.24, 2.45) is 11.8 Å². The highest BCUT2D eigenvalue weighted by atomic mass is 32.2. The van der Waals surface area contributed by atoms with Crippen LogP contribution in [0, 0.1) is 11.8 Å². The van der Waals surface area contributed by atoms with Gasteiger partial charge >= 0.3 is 5.51 Å². The minimum Gasteiger partial charge on any atom is -0.396 e. The summed E-state index contributed by atoms with van der Waals surface area (Å²) in [7, 11) is -5.07. The summed E-state index contributed by atoms with van der Waals surface area (Å²) in [6, 6.07) is 0. The number of alkyl halides is 3. The van der Waals surface area contributed by atoms with Gasteiger partial charge in [-0.2, -0.15) is 13.2 Å². The molecule has 2 rings (SSSR count). The topological polar surface area (TPSA) is 54.4 Å². The Bertz CT molecular complexity index is 409. The summed E-state index contributed by atoms with van der Waals surface area (Å²) >= 11 is 0. The van der Waals surface area contributed by atoms with Crippen LogP contribution in [-0.4, -0.2) is 30.9 Å². The first-order valence-electron chi connectivity index (χ1n) is 4.41. The minimum absolute atomic E-state index is 0.0393. The molecule has 1 fully saturated rings. The van der Waals surface area contributed by atoms with Gasteiger partial charge in [0.2, 0.25) is 0 Å². The SMILES string of the molecule is O=S(=O)(C1C=C2C(CO)C2C1)C(F)(F)F. The van der Waals surface area contributed by atoms with Gasteiger partial charge in [-0.15, -0.1) is 0 Å². The van der Waals surface area contributed by atoms with E-state index in [0.717, 1.165) is 6.08 Å². The lowest BCUT2D eigenvalue weighted by atomic mass is 10.2. The number of aliphatic hydroxyl groups is 1. The molecule has 0 aromatic carbocycles. The summed E-state index contributed by atoms with van der Waals surface area (Å²) in [6.07, 6.45) is 1.11. The van der Waals surface area contributed by atoms with Crippen LogP contribution in [-0.2, 0) is 9.84 Å². The van der Waals surface area contributed by atoms with Gasteiger partial charge in [0, 0.05) is 5.92 Å². The van der Waals surface area contributed by atoms with Gasteiger partial charge < -0.3 is 5.11 Å². The van der Waals surface area contributed by atoms with Crippen LogP contribution >= 0.6 is 0 Å². The van der Waals surface area contributed by atoms with E-state index in [-0.39, 0.29) is 24.9 Å². The van der Waals surface area contributed by atoms with Crippen molar-refractivity contribution in [1.29, 1.82) is 0 Å². The normalized spacial score (nSPS) is 34.9. The Labute approximate surface area is 84.5 Å². The summed E-state index contributed by atoms with van der Waals surface area (Å²) in [5.74, 6) is -0.262. The molecule has 7 heteroatoms. The Hall–Kier alpha value is -0.560. The molecule has 0 spiro atoms. The molecule has 0 amide bonds. The maximum atomic E-state index is 12.1. The predicted octanol–water partition coefficient (Wildman–Crippen LogP) is 0.858. The molecule has 0 aromatic heterocycles. The van der Waals surface area contributed by atoms with Gasteiger partial charge in [0.15, 0.2) is 0 Å². The zero-order chi connectivity index (χ0) is 11.4. The zero-order valence-electron chi connectivity index (χ0n) is 7.53. The van der Waals surface area contributed by atoms with Crippen LogP contribution in [0.1, 0.15) is 6.42 Å². The number of halogens is 3. The van der Waals surface area contributed by atoms with Crippen molar-refractivity contribution < 1.29 is 26.7 Å². The van der Waals surface area contributed by atoms with Gasteiger partial charge in [-0.1, -0.05) is 11.6 Å². The predicted molar refractivity (Wildman–Crippen MR) is 45.5 cm³/mol. The lowest BCUT2D eigenvalue weighted by Gasteiger charge is -2.14. The van der Waals surface area contributed by atoms with Crippen LogP contribution in [0.25, 0.3) is 0 Å². The molecular formula is C8H9F3O3S. The molecule has 15 heavy (non-hydrogen) atoms. The second kappa shape index (κ2) is 2.98. The van der Waals surface area contributed by atoms with Crippen molar-refractivity contribution in [3.8, 4) is 0 Å². The third-order valence-corrected chi connectivity index (χ3v) is 4.79. The fourth-order valence-corrected chi connectivity index (χ4v) is 3.24. The van der Waals surface area contributed by atoms with E-state index in [9.17, 15) is 21.6 Å². The smallest absolute Gasteiger partial charge is 0.396 e. The maximum Gasteiger partial charge on any atom is 0.497 e. The minimum atomic E-state index is -5.18. The van der Waals surface area contributed by atoms with E-state index in [4.69, 9.17) is 5.11 Å². The summed E-state index contributed by atoms with van der Waals surface area (Å²) in [6.45, 7) is -0.116. The average molecular weight is 242 g/mol. The number of hydrogen-bond donors (Lipinski definition) is 1. The van der Waals surface area contributed by atoms with E-state index >= 15 is 0 Å². The largest absolute Gasteiger partial charge is 0.497 e. The second-order valence-corrected chi connectivity index (χ2v) is 5.99. The van der Waals surface area contributed by atoms with Gasteiger partial charge in [-0.05, 0) is 12.3 Å². The van der Waals surface area contributed by atoms with E-state index in [0.29, 0.717) is 5.57 Å². The molecule has 3 unspecified atom stereocenters. The number of hydrogen-bond acceptors (Lipinski definition) is 3. The molecule has 0 heterocycles. The molecule has 0 aliphatic heterocycles. The third kappa shape index (κ3) is 1.48. The lowest BCUT2D eigenvalue weighted by molar-refractivity contribution is -0.0441. The number of rotatable bonds is 2. The van der Waals surface area contributed by atoms with Crippen LogP contribution in [0.2, 0.25) is 0 Å². The summed E-state index contributed by atoms with van der Waals surface area (Å²) in [5.41, 5.74) is -4.52. The van der Waals surface area contributed by atoms with Crippen LogP contribution in [0.3, 0.4) is 0 Å². The van der Waals surface area contributed by atoms with E-state index < -0.39 is 20.6 Å². The fourth-order valence-electron chi connectivity index (χ4n) is 2.10. The molecule has 1 N–H and O–H groups in total. The molecule has 86 valence electrons. The fraction of sp³-hybridized carbons (Fsp3) is 0.750. The van der Waals surface area contributed by atoms with Crippen molar-refractivity contribution in [2.75, 3.05) is 6.61 Å². The molecule has 3 nitrogen and oxygen atoms in total. The Balaban J connectivity index is 2.19. The summed E-state index contributed by atoms with van der Waals surface area (Å²) in [5, 5.41) is 7.30. The highest BCUT2D eigenvalue weighted by molar-refractivity contribution is 7.93. The first-order valence-corrected chi connectivity index (χ1v) is 5.96. The second-order valence-electron chi connectivity index (χ2n) is 3.83. The van der Waals surface area contributed by atoms with Crippen molar-refractivity contribution >= 4 is 9.84 Å². The van der Waals surface area contributed by atoms with Gasteiger partial charge in [0.25, 0.3) is 9.84 Å². The van der Waals surface area contributed by atoms with Crippen molar-refractivity contribution in [1.82, 2.24) is 0 Å². The number of sulfone groups is 1. The molecule has 2 aliphatic rings. The highest BCUT2D eigenvalue weighted by Crippen LogP contribution is 2.55. The van der Waals surface area contributed by atoms with Crippen LogP contribution in [0.5, 0.6) is 0 Å². The van der Waals surface area contributed by atoms with Crippen molar-refractivity contribution in [2.45, 2.75) is 17.2 Å². The first kappa shape index (κ1) is 10.9. The number of fused-ring (bicyclic) bond motifs is 1. The average Bonchev–Trinajstić information content (AvgIpc) is 2.55. The van der Waals surface area contributed by atoms with Crippen LogP contribution in [0.15, 0.2) is 11.6 Å².